The van der Waals surface area contributed by atoms with E-state index in [9.17, 15) is 4.79 Å². The van der Waals surface area contributed by atoms with Gasteiger partial charge in [0.1, 0.15) is 11.4 Å². The molecule has 154 valence electrons. The lowest BCUT2D eigenvalue weighted by Gasteiger charge is -2.14. The topological polar surface area (TPSA) is 84.1 Å². The number of amides is 1. The number of H-pyrrole nitrogens is 1. The van der Waals surface area contributed by atoms with E-state index in [1.807, 2.05) is 19.1 Å². The molecule has 1 aromatic carbocycles. The van der Waals surface area contributed by atoms with Gasteiger partial charge in [0, 0.05) is 0 Å². The predicted octanol–water partition coefficient (Wildman–Crippen LogP) is 6.75. The number of aromatic nitrogens is 2. The molecule has 0 radical (unpaired) electrons. The van der Waals surface area contributed by atoms with Gasteiger partial charge in [0.2, 0.25) is 5.91 Å². The summed E-state index contributed by atoms with van der Waals surface area (Å²) in [5.41, 5.74) is 1.77. The first-order chi connectivity index (χ1) is 14.6. The molecule has 0 fully saturated rings. The molecule has 1 amide bonds. The molecule has 0 saturated heterocycles. The van der Waals surface area contributed by atoms with Crippen molar-refractivity contribution in [1.82, 2.24) is 9.97 Å². The van der Waals surface area contributed by atoms with E-state index in [1.54, 1.807) is 42.9 Å². The minimum Gasteiger partial charge on any atom is -0.463 e. The quantitative estimate of drug-likeness (QED) is 0.297. The zero-order valence-corrected chi connectivity index (χ0v) is 18.1. The number of rotatable bonds is 7. The zero-order valence-electron chi connectivity index (χ0n) is 15.8. The molecule has 4 rings (SSSR count). The summed E-state index contributed by atoms with van der Waals surface area (Å²) >= 11 is 13.5. The summed E-state index contributed by atoms with van der Waals surface area (Å²) in [4.78, 5) is 20.7. The summed E-state index contributed by atoms with van der Waals surface area (Å²) in [5, 5.41) is 3.71. The van der Waals surface area contributed by atoms with E-state index in [1.165, 1.54) is 11.8 Å². The largest absolute Gasteiger partial charge is 0.463 e. The number of anilines is 1. The van der Waals surface area contributed by atoms with Gasteiger partial charge in [-0.3, -0.25) is 4.79 Å². The molecule has 6 nitrogen and oxygen atoms in total. The standard InChI is InChI=1S/C21H17Cl2N3O3S/c1-2-16(20(27)24-13-7-3-6-12(22)17(13)23)30-21-25-18(14-8-4-10-28-14)19(26-21)15-9-5-11-29-15/h3-11,16H,2H2,1H3,(H,24,27)(H,25,26). The van der Waals surface area contributed by atoms with E-state index in [0.29, 0.717) is 50.2 Å². The van der Waals surface area contributed by atoms with Crippen molar-refractivity contribution in [3.05, 3.63) is 65.0 Å². The Labute approximate surface area is 187 Å². The van der Waals surface area contributed by atoms with Crippen LogP contribution in [0.15, 0.2) is 69.0 Å². The van der Waals surface area contributed by atoms with E-state index >= 15 is 0 Å². The van der Waals surface area contributed by atoms with Crippen LogP contribution in [0.25, 0.3) is 22.9 Å². The number of aromatic amines is 1. The third kappa shape index (κ3) is 4.28. The van der Waals surface area contributed by atoms with E-state index in [2.05, 4.69) is 15.3 Å². The van der Waals surface area contributed by atoms with Gasteiger partial charge in [-0.2, -0.15) is 0 Å². The van der Waals surface area contributed by atoms with Crippen LogP contribution in [0.1, 0.15) is 13.3 Å². The van der Waals surface area contributed by atoms with Crippen LogP contribution in [0.3, 0.4) is 0 Å². The molecule has 2 N–H and O–H groups in total. The van der Waals surface area contributed by atoms with E-state index in [0.717, 1.165) is 0 Å². The molecular formula is C21H17Cl2N3O3S. The maximum absolute atomic E-state index is 12.8. The number of furan rings is 2. The Hall–Kier alpha value is -2.61. The second kappa shape index (κ2) is 9.04. The maximum Gasteiger partial charge on any atom is 0.238 e. The van der Waals surface area contributed by atoms with Crippen molar-refractivity contribution in [1.29, 1.82) is 0 Å². The summed E-state index contributed by atoms with van der Waals surface area (Å²) in [5.74, 6) is 1.04. The highest BCUT2D eigenvalue weighted by molar-refractivity contribution is 8.00. The summed E-state index contributed by atoms with van der Waals surface area (Å²) in [6.07, 6.45) is 3.76. The van der Waals surface area contributed by atoms with Gasteiger partial charge in [0.25, 0.3) is 0 Å². The van der Waals surface area contributed by atoms with Crippen LogP contribution >= 0.6 is 35.0 Å². The fraction of sp³-hybridized carbons (Fsp3) is 0.143. The molecule has 0 aliphatic carbocycles. The van der Waals surface area contributed by atoms with Crippen molar-refractivity contribution in [2.24, 2.45) is 0 Å². The highest BCUT2D eigenvalue weighted by Crippen LogP contribution is 2.35. The van der Waals surface area contributed by atoms with Gasteiger partial charge in [-0.05, 0) is 42.8 Å². The number of carbonyl (C=O) groups excluding carboxylic acids is 1. The summed E-state index contributed by atoms with van der Waals surface area (Å²) in [7, 11) is 0. The first-order valence-corrected chi connectivity index (χ1v) is 10.8. The lowest BCUT2D eigenvalue weighted by molar-refractivity contribution is -0.115. The van der Waals surface area contributed by atoms with Crippen LogP contribution in [0, 0.1) is 0 Å². The smallest absolute Gasteiger partial charge is 0.238 e. The van der Waals surface area contributed by atoms with Crippen LogP contribution in [0.4, 0.5) is 5.69 Å². The van der Waals surface area contributed by atoms with Crippen molar-refractivity contribution < 1.29 is 13.6 Å². The Bertz CT molecular complexity index is 1090. The first-order valence-electron chi connectivity index (χ1n) is 9.16. The minimum absolute atomic E-state index is 0.192. The highest BCUT2D eigenvalue weighted by Gasteiger charge is 2.24. The lowest BCUT2D eigenvalue weighted by Crippen LogP contribution is -2.24. The molecule has 9 heteroatoms. The summed E-state index contributed by atoms with van der Waals surface area (Å²) in [6, 6.07) is 12.4. The Morgan fingerprint density at radius 3 is 2.53 bits per heavy atom. The number of benzene rings is 1. The third-order valence-corrected chi connectivity index (χ3v) is 6.40. The van der Waals surface area contributed by atoms with Crippen LogP contribution in [0.5, 0.6) is 0 Å². The number of hydrogen-bond acceptors (Lipinski definition) is 5. The molecule has 3 aromatic heterocycles. The molecule has 0 bridgehead atoms. The van der Waals surface area contributed by atoms with E-state index in [4.69, 9.17) is 32.0 Å². The molecule has 0 saturated carbocycles. The van der Waals surface area contributed by atoms with Gasteiger partial charge >= 0.3 is 0 Å². The van der Waals surface area contributed by atoms with Gasteiger partial charge < -0.3 is 19.1 Å². The van der Waals surface area contributed by atoms with Crippen molar-refractivity contribution >= 4 is 46.6 Å². The second-order valence-electron chi connectivity index (χ2n) is 6.33. The first kappa shape index (κ1) is 20.7. The Morgan fingerprint density at radius 1 is 1.13 bits per heavy atom. The van der Waals surface area contributed by atoms with Crippen molar-refractivity contribution in [2.45, 2.75) is 23.8 Å². The van der Waals surface area contributed by atoms with Crippen molar-refractivity contribution in [3.63, 3.8) is 0 Å². The number of imidazole rings is 1. The molecule has 1 atom stereocenters. The molecule has 0 aliphatic heterocycles. The molecule has 4 aromatic rings. The number of nitrogens with zero attached hydrogens (tertiary/aromatic N) is 1. The Morgan fingerprint density at radius 2 is 1.87 bits per heavy atom. The highest BCUT2D eigenvalue weighted by atomic mass is 35.5. The van der Waals surface area contributed by atoms with Crippen LogP contribution in [0.2, 0.25) is 10.0 Å². The molecule has 30 heavy (non-hydrogen) atoms. The van der Waals surface area contributed by atoms with Crippen LogP contribution in [-0.2, 0) is 4.79 Å². The zero-order chi connectivity index (χ0) is 21.1. The van der Waals surface area contributed by atoms with Gasteiger partial charge in [0.15, 0.2) is 16.7 Å². The number of thioether (sulfide) groups is 1. The average Bonchev–Trinajstić information content (AvgIpc) is 3.50. The third-order valence-electron chi connectivity index (χ3n) is 4.33. The van der Waals surface area contributed by atoms with Crippen LogP contribution in [-0.4, -0.2) is 21.1 Å². The molecule has 1 unspecified atom stereocenters. The fourth-order valence-electron chi connectivity index (χ4n) is 2.87. The summed E-state index contributed by atoms with van der Waals surface area (Å²) < 4.78 is 11.0. The lowest BCUT2D eigenvalue weighted by atomic mass is 10.2. The second-order valence-corrected chi connectivity index (χ2v) is 8.30. The Balaban J connectivity index is 1.58. The number of hydrogen-bond donors (Lipinski definition) is 2. The number of halogens is 2. The van der Waals surface area contributed by atoms with Gasteiger partial charge in [-0.25, -0.2) is 4.98 Å². The Kier molecular flexibility index (Phi) is 6.22. The number of carbonyl (C=O) groups is 1. The molecule has 3 heterocycles. The summed E-state index contributed by atoms with van der Waals surface area (Å²) in [6.45, 7) is 1.93. The monoisotopic (exact) mass is 461 g/mol. The van der Waals surface area contributed by atoms with E-state index in [-0.39, 0.29) is 5.91 Å². The molecule has 0 spiro atoms. The fourth-order valence-corrected chi connectivity index (χ4v) is 4.12. The molecule has 0 aliphatic rings. The van der Waals surface area contributed by atoms with Gasteiger partial charge in [0.05, 0.1) is 33.5 Å². The van der Waals surface area contributed by atoms with Crippen LogP contribution < -0.4 is 5.32 Å². The molecular weight excluding hydrogens is 445 g/mol. The van der Waals surface area contributed by atoms with E-state index < -0.39 is 5.25 Å². The van der Waals surface area contributed by atoms with Crippen molar-refractivity contribution in [2.75, 3.05) is 5.32 Å². The SMILES string of the molecule is CCC(Sc1nc(-c2ccco2)c(-c2ccco2)[nH]1)C(=O)Nc1cccc(Cl)c1Cl. The minimum atomic E-state index is -0.403. The van der Waals surface area contributed by atoms with Crippen molar-refractivity contribution in [3.8, 4) is 22.9 Å². The maximum atomic E-state index is 12.8. The van der Waals surface area contributed by atoms with Gasteiger partial charge in [-0.15, -0.1) is 0 Å². The average molecular weight is 462 g/mol. The predicted molar refractivity (Wildman–Crippen MR) is 119 cm³/mol. The number of nitrogens with one attached hydrogen (secondary N) is 2. The van der Waals surface area contributed by atoms with Gasteiger partial charge in [-0.1, -0.05) is 48.0 Å². The normalized spacial score (nSPS) is 12.1.